The molecular formula is C26H30N4O5. The third-order valence-electron chi connectivity index (χ3n) is 5.87. The third-order valence-corrected chi connectivity index (χ3v) is 5.87. The molecule has 1 N–H and O–H groups in total. The van der Waals surface area contributed by atoms with Gasteiger partial charge in [0, 0.05) is 13.7 Å². The number of benzene rings is 2. The number of fused-ring (bicyclic) bond motifs is 1. The van der Waals surface area contributed by atoms with Crippen LogP contribution in [0.2, 0.25) is 0 Å². The fourth-order valence-corrected chi connectivity index (χ4v) is 3.94. The molecule has 0 aliphatic carbocycles. The van der Waals surface area contributed by atoms with Crippen LogP contribution in [0, 0.1) is 0 Å². The molecule has 0 amide bonds. The Bertz CT molecular complexity index is 1370. The zero-order valence-corrected chi connectivity index (χ0v) is 20.0. The summed E-state index contributed by atoms with van der Waals surface area (Å²) >= 11 is 0. The maximum atomic E-state index is 13.4. The molecule has 0 aliphatic heterocycles. The highest BCUT2D eigenvalue weighted by Crippen LogP contribution is 2.13. The number of hydrogen-bond acceptors (Lipinski definition) is 6. The molecule has 0 saturated carbocycles. The smallest absolute Gasteiger partial charge is 0.333 e. The van der Waals surface area contributed by atoms with Gasteiger partial charge in [-0.1, -0.05) is 49.4 Å². The largest absolute Gasteiger partial charge is 0.491 e. The summed E-state index contributed by atoms with van der Waals surface area (Å²) in [5.41, 5.74) is 1.64. The van der Waals surface area contributed by atoms with Crippen LogP contribution in [-0.2, 0) is 30.8 Å². The number of aromatic nitrogens is 4. The van der Waals surface area contributed by atoms with Gasteiger partial charge in [0.05, 0.1) is 26.0 Å². The predicted molar refractivity (Wildman–Crippen MR) is 133 cm³/mol. The van der Waals surface area contributed by atoms with E-state index >= 15 is 0 Å². The molecule has 0 aliphatic rings. The molecule has 9 heteroatoms. The SMILES string of the molecule is CCc1ccc(OC[C@H](O)Cn2c(=O)c3c(ncn3CCOC)n(Cc3ccccc3)c2=O)cc1. The van der Waals surface area contributed by atoms with Gasteiger partial charge in [-0.3, -0.25) is 13.9 Å². The monoisotopic (exact) mass is 478 g/mol. The first-order chi connectivity index (χ1) is 17.0. The van der Waals surface area contributed by atoms with Crippen LogP contribution in [0.4, 0.5) is 0 Å². The summed E-state index contributed by atoms with van der Waals surface area (Å²) in [6, 6.07) is 17.1. The number of imidazole rings is 1. The first kappa shape index (κ1) is 24.4. The molecule has 0 unspecified atom stereocenters. The number of aryl methyl sites for hydroxylation is 1. The van der Waals surface area contributed by atoms with Crippen molar-refractivity contribution in [3.8, 4) is 5.75 Å². The Hall–Kier alpha value is -3.69. The Kier molecular flexibility index (Phi) is 7.79. The molecule has 35 heavy (non-hydrogen) atoms. The van der Waals surface area contributed by atoms with Crippen molar-refractivity contribution in [1.82, 2.24) is 18.7 Å². The van der Waals surface area contributed by atoms with E-state index in [9.17, 15) is 14.7 Å². The fraction of sp³-hybridized carbons (Fsp3) is 0.346. The van der Waals surface area contributed by atoms with Gasteiger partial charge in [0.2, 0.25) is 0 Å². The highest BCUT2D eigenvalue weighted by Gasteiger charge is 2.20. The Morgan fingerprint density at radius 2 is 1.74 bits per heavy atom. The van der Waals surface area contributed by atoms with E-state index in [1.54, 1.807) is 11.7 Å². The topological polar surface area (TPSA) is 101 Å². The summed E-state index contributed by atoms with van der Waals surface area (Å²) in [5, 5.41) is 10.7. The van der Waals surface area contributed by atoms with E-state index in [1.165, 1.54) is 16.5 Å². The van der Waals surface area contributed by atoms with Gasteiger partial charge < -0.3 is 19.1 Å². The summed E-state index contributed by atoms with van der Waals surface area (Å²) in [4.78, 5) is 31.2. The molecule has 0 radical (unpaired) electrons. The van der Waals surface area contributed by atoms with Crippen LogP contribution < -0.4 is 16.0 Å². The van der Waals surface area contributed by atoms with Crippen LogP contribution in [0.5, 0.6) is 5.75 Å². The van der Waals surface area contributed by atoms with E-state index in [0.29, 0.717) is 30.1 Å². The molecule has 2 aromatic carbocycles. The van der Waals surface area contributed by atoms with Crippen LogP contribution in [0.25, 0.3) is 11.2 Å². The van der Waals surface area contributed by atoms with E-state index in [-0.39, 0.29) is 19.7 Å². The minimum Gasteiger partial charge on any atom is -0.491 e. The Morgan fingerprint density at radius 1 is 1.00 bits per heavy atom. The Morgan fingerprint density at radius 3 is 2.43 bits per heavy atom. The summed E-state index contributed by atoms with van der Waals surface area (Å²) in [6.07, 6.45) is 1.39. The van der Waals surface area contributed by atoms with Crippen LogP contribution in [0.1, 0.15) is 18.1 Å². The lowest BCUT2D eigenvalue weighted by molar-refractivity contribution is 0.0902. The Labute approximate surface area is 202 Å². The number of methoxy groups -OCH3 is 1. The van der Waals surface area contributed by atoms with E-state index < -0.39 is 17.4 Å². The van der Waals surface area contributed by atoms with E-state index in [0.717, 1.165) is 16.6 Å². The second-order valence-electron chi connectivity index (χ2n) is 8.34. The fourth-order valence-electron chi connectivity index (χ4n) is 3.94. The van der Waals surface area contributed by atoms with Crippen LogP contribution in [-0.4, -0.2) is 50.2 Å². The van der Waals surface area contributed by atoms with Crippen molar-refractivity contribution in [3.63, 3.8) is 0 Å². The van der Waals surface area contributed by atoms with Gasteiger partial charge in [0.1, 0.15) is 18.5 Å². The van der Waals surface area contributed by atoms with Crippen molar-refractivity contribution in [3.05, 3.63) is 92.9 Å². The Balaban J connectivity index is 1.66. The third kappa shape index (κ3) is 5.52. The van der Waals surface area contributed by atoms with Crippen molar-refractivity contribution in [1.29, 1.82) is 0 Å². The highest BCUT2D eigenvalue weighted by molar-refractivity contribution is 5.70. The number of rotatable bonds is 11. The summed E-state index contributed by atoms with van der Waals surface area (Å²) in [5.74, 6) is 0.614. The van der Waals surface area contributed by atoms with Gasteiger partial charge in [0.15, 0.2) is 11.2 Å². The van der Waals surface area contributed by atoms with Crippen molar-refractivity contribution in [2.45, 2.75) is 39.1 Å². The average molecular weight is 479 g/mol. The average Bonchev–Trinajstić information content (AvgIpc) is 3.31. The molecular weight excluding hydrogens is 448 g/mol. The zero-order valence-electron chi connectivity index (χ0n) is 20.0. The lowest BCUT2D eigenvalue weighted by Crippen LogP contribution is -2.44. The van der Waals surface area contributed by atoms with Gasteiger partial charge in [0.25, 0.3) is 5.56 Å². The first-order valence-electron chi connectivity index (χ1n) is 11.6. The van der Waals surface area contributed by atoms with E-state index in [2.05, 4.69) is 11.9 Å². The van der Waals surface area contributed by atoms with Gasteiger partial charge in [-0.05, 0) is 29.7 Å². The summed E-state index contributed by atoms with van der Waals surface area (Å²) < 4.78 is 15.0. The lowest BCUT2D eigenvalue weighted by Gasteiger charge is -2.16. The summed E-state index contributed by atoms with van der Waals surface area (Å²) in [7, 11) is 1.58. The molecule has 0 saturated heterocycles. The standard InChI is InChI=1S/C26H30N4O5/c1-3-19-9-11-22(12-10-19)35-17-21(31)16-30-25(32)23-24(27-18-28(23)13-14-34-2)29(26(30)33)15-20-7-5-4-6-8-20/h4-12,18,21,31H,3,13-17H2,1-2H3/t21-/m1/s1. The normalized spacial score (nSPS) is 12.2. The van der Waals surface area contributed by atoms with E-state index in [4.69, 9.17) is 9.47 Å². The molecule has 0 fully saturated rings. The second kappa shape index (κ2) is 11.2. The first-order valence-corrected chi connectivity index (χ1v) is 11.6. The van der Waals surface area contributed by atoms with Gasteiger partial charge in [-0.25, -0.2) is 9.78 Å². The number of hydrogen-bond donors (Lipinski definition) is 1. The zero-order chi connectivity index (χ0) is 24.8. The molecule has 2 aromatic heterocycles. The van der Waals surface area contributed by atoms with Crippen molar-refractivity contribution >= 4 is 11.2 Å². The van der Waals surface area contributed by atoms with Crippen LogP contribution in [0.3, 0.4) is 0 Å². The molecule has 9 nitrogen and oxygen atoms in total. The number of aliphatic hydroxyl groups excluding tert-OH is 1. The highest BCUT2D eigenvalue weighted by atomic mass is 16.5. The number of ether oxygens (including phenoxy) is 2. The molecule has 4 aromatic rings. The molecule has 184 valence electrons. The maximum Gasteiger partial charge on any atom is 0.333 e. The van der Waals surface area contributed by atoms with Crippen molar-refractivity contribution in [2.75, 3.05) is 20.3 Å². The second-order valence-corrected chi connectivity index (χ2v) is 8.34. The molecule has 2 heterocycles. The van der Waals surface area contributed by atoms with Gasteiger partial charge in [-0.2, -0.15) is 0 Å². The van der Waals surface area contributed by atoms with E-state index in [1.807, 2.05) is 54.6 Å². The number of aliphatic hydroxyl groups is 1. The quantitative estimate of drug-likeness (QED) is 0.354. The van der Waals surface area contributed by atoms with Crippen LogP contribution in [0.15, 0.2) is 70.5 Å². The van der Waals surface area contributed by atoms with Crippen molar-refractivity contribution < 1.29 is 14.6 Å². The number of nitrogens with zero attached hydrogens (tertiary/aromatic N) is 4. The molecule has 0 spiro atoms. The lowest BCUT2D eigenvalue weighted by atomic mass is 10.2. The molecule has 1 atom stereocenters. The van der Waals surface area contributed by atoms with Gasteiger partial charge >= 0.3 is 5.69 Å². The molecule has 4 rings (SSSR count). The summed E-state index contributed by atoms with van der Waals surface area (Å²) in [6.45, 7) is 2.84. The van der Waals surface area contributed by atoms with Crippen LogP contribution >= 0.6 is 0 Å². The molecule has 0 bridgehead atoms. The minimum absolute atomic E-state index is 0.0585. The maximum absolute atomic E-state index is 13.4. The van der Waals surface area contributed by atoms with Gasteiger partial charge in [-0.15, -0.1) is 0 Å². The van der Waals surface area contributed by atoms with Crippen molar-refractivity contribution in [2.24, 2.45) is 0 Å². The predicted octanol–water partition coefficient (Wildman–Crippen LogP) is 2.06. The minimum atomic E-state index is -1.07.